The molecular weight excluding hydrogens is 355 g/mol. The van der Waals surface area contributed by atoms with E-state index in [1.807, 2.05) is 36.1 Å². The smallest absolute Gasteiger partial charge is 0.227 e. The number of hydrogen-bond acceptors (Lipinski definition) is 2. The number of rotatable bonds is 3. The lowest BCUT2D eigenvalue weighted by Gasteiger charge is -2.28. The molecule has 0 atom stereocenters. The molecule has 1 saturated heterocycles. The van der Waals surface area contributed by atoms with Gasteiger partial charge in [-0.2, -0.15) is 0 Å². The number of hydrogen-bond donors (Lipinski definition) is 0. The Morgan fingerprint density at radius 1 is 1.20 bits per heavy atom. The van der Waals surface area contributed by atoms with Gasteiger partial charge < -0.3 is 4.90 Å². The number of piperidine rings is 1. The van der Waals surface area contributed by atoms with Crippen LogP contribution in [0.2, 0.25) is 10.0 Å². The largest absolute Gasteiger partial charge is 0.342 e. The second-order valence-corrected chi connectivity index (χ2v) is 7.18. The number of carbonyl (C=O) groups excluding carboxylic acids is 1. The van der Waals surface area contributed by atoms with Crippen molar-refractivity contribution in [1.82, 2.24) is 9.88 Å². The van der Waals surface area contributed by atoms with Crippen LogP contribution in [0.15, 0.2) is 42.1 Å². The molecule has 0 saturated carbocycles. The van der Waals surface area contributed by atoms with Crippen molar-refractivity contribution in [2.75, 3.05) is 13.1 Å². The Bertz CT molecular complexity index is 790. The van der Waals surface area contributed by atoms with E-state index >= 15 is 0 Å². The van der Waals surface area contributed by atoms with Gasteiger partial charge in [0.15, 0.2) is 0 Å². The monoisotopic (exact) mass is 374 g/mol. The molecule has 130 valence electrons. The van der Waals surface area contributed by atoms with Crippen molar-refractivity contribution in [2.24, 2.45) is 0 Å². The van der Waals surface area contributed by atoms with E-state index < -0.39 is 0 Å². The van der Waals surface area contributed by atoms with E-state index in [0.29, 0.717) is 16.5 Å². The van der Waals surface area contributed by atoms with Gasteiger partial charge in [0.05, 0.1) is 6.42 Å². The molecule has 1 aliphatic rings. The topological polar surface area (TPSA) is 33.2 Å². The van der Waals surface area contributed by atoms with Crippen LogP contribution in [0.3, 0.4) is 0 Å². The van der Waals surface area contributed by atoms with Gasteiger partial charge >= 0.3 is 0 Å². The summed E-state index contributed by atoms with van der Waals surface area (Å²) >= 11 is 12.3. The fourth-order valence-electron chi connectivity index (χ4n) is 2.92. The Balaban J connectivity index is 1.59. The molecule has 0 spiro atoms. The molecule has 1 amide bonds. The number of halogens is 2. The highest BCUT2D eigenvalue weighted by Crippen LogP contribution is 2.26. The SMILES string of the molecule is Cc1ccc(CC(=O)N2CCC(=Cc3cc(Cl)ccc3Cl)CC2)cn1. The van der Waals surface area contributed by atoms with Gasteiger partial charge in [-0.25, -0.2) is 0 Å². The normalized spacial score (nSPS) is 14.5. The number of benzene rings is 1. The van der Waals surface area contributed by atoms with E-state index in [1.165, 1.54) is 5.57 Å². The van der Waals surface area contributed by atoms with Crippen molar-refractivity contribution in [3.8, 4) is 0 Å². The van der Waals surface area contributed by atoms with Crippen molar-refractivity contribution < 1.29 is 4.79 Å². The predicted molar refractivity (Wildman–Crippen MR) is 103 cm³/mol. The maximum absolute atomic E-state index is 12.5. The van der Waals surface area contributed by atoms with Crippen LogP contribution in [-0.4, -0.2) is 28.9 Å². The molecule has 0 bridgehead atoms. The van der Waals surface area contributed by atoms with Gasteiger partial charge in [0.2, 0.25) is 5.91 Å². The van der Waals surface area contributed by atoms with Crippen LogP contribution < -0.4 is 0 Å². The first-order valence-electron chi connectivity index (χ1n) is 8.35. The summed E-state index contributed by atoms with van der Waals surface area (Å²) < 4.78 is 0. The summed E-state index contributed by atoms with van der Waals surface area (Å²) in [7, 11) is 0. The highest BCUT2D eigenvalue weighted by Gasteiger charge is 2.19. The first-order valence-corrected chi connectivity index (χ1v) is 9.10. The zero-order valence-corrected chi connectivity index (χ0v) is 15.6. The Morgan fingerprint density at radius 3 is 2.64 bits per heavy atom. The average molecular weight is 375 g/mol. The summed E-state index contributed by atoms with van der Waals surface area (Å²) in [5, 5.41) is 1.37. The summed E-state index contributed by atoms with van der Waals surface area (Å²) in [5.41, 5.74) is 4.16. The van der Waals surface area contributed by atoms with Crippen LogP contribution in [0, 0.1) is 6.92 Å². The minimum Gasteiger partial charge on any atom is -0.342 e. The number of nitrogens with zero attached hydrogens (tertiary/aromatic N) is 2. The Labute approximate surface area is 158 Å². The van der Waals surface area contributed by atoms with Crippen LogP contribution in [0.4, 0.5) is 0 Å². The molecule has 1 aromatic heterocycles. The minimum atomic E-state index is 0.158. The molecule has 3 rings (SSSR count). The zero-order valence-electron chi connectivity index (χ0n) is 14.1. The lowest BCUT2D eigenvalue weighted by molar-refractivity contribution is -0.130. The molecule has 5 heteroatoms. The summed E-state index contributed by atoms with van der Waals surface area (Å²) in [6.07, 6.45) is 6.01. The van der Waals surface area contributed by atoms with Crippen LogP contribution in [-0.2, 0) is 11.2 Å². The molecule has 1 aliphatic heterocycles. The maximum atomic E-state index is 12.5. The first kappa shape index (κ1) is 18.0. The zero-order chi connectivity index (χ0) is 17.8. The number of likely N-dealkylation sites (tertiary alicyclic amines) is 1. The highest BCUT2D eigenvalue weighted by atomic mass is 35.5. The van der Waals surface area contributed by atoms with Gasteiger partial charge in [-0.3, -0.25) is 9.78 Å². The van der Waals surface area contributed by atoms with Gasteiger partial charge in [-0.05, 0) is 55.2 Å². The number of pyridine rings is 1. The lowest BCUT2D eigenvalue weighted by atomic mass is 10.0. The quantitative estimate of drug-likeness (QED) is 0.761. The number of amides is 1. The molecule has 2 heterocycles. The summed E-state index contributed by atoms with van der Waals surface area (Å²) in [5.74, 6) is 0.158. The fraction of sp³-hybridized carbons (Fsp3) is 0.300. The van der Waals surface area contributed by atoms with Gasteiger partial charge in [0, 0.05) is 35.0 Å². The van der Waals surface area contributed by atoms with Crippen LogP contribution >= 0.6 is 23.2 Å². The molecule has 25 heavy (non-hydrogen) atoms. The van der Waals surface area contributed by atoms with E-state index in [2.05, 4.69) is 11.1 Å². The molecule has 1 aromatic carbocycles. The third-order valence-corrected chi connectivity index (χ3v) is 4.98. The van der Waals surface area contributed by atoms with E-state index in [1.54, 1.807) is 12.3 Å². The van der Waals surface area contributed by atoms with E-state index in [-0.39, 0.29) is 5.91 Å². The Morgan fingerprint density at radius 2 is 1.96 bits per heavy atom. The van der Waals surface area contributed by atoms with Crippen LogP contribution in [0.1, 0.15) is 29.7 Å². The standard InChI is InChI=1S/C20H20Cl2N2O/c1-14-2-3-16(13-23-14)11-20(25)24-8-6-15(7-9-24)10-17-12-18(21)4-5-19(17)22/h2-5,10,12-13H,6-9,11H2,1H3. The van der Waals surface area contributed by atoms with Crippen LogP contribution in [0.25, 0.3) is 6.08 Å². The second-order valence-electron chi connectivity index (χ2n) is 6.33. The molecule has 0 unspecified atom stereocenters. The molecule has 0 aliphatic carbocycles. The van der Waals surface area contributed by atoms with Crippen molar-refractivity contribution in [1.29, 1.82) is 0 Å². The Hall–Kier alpha value is -1.84. The van der Waals surface area contributed by atoms with Crippen molar-refractivity contribution in [3.05, 3.63) is 69.0 Å². The second kappa shape index (κ2) is 8.03. The third kappa shape index (κ3) is 4.83. The minimum absolute atomic E-state index is 0.158. The fourth-order valence-corrected chi connectivity index (χ4v) is 3.27. The van der Waals surface area contributed by atoms with Crippen LogP contribution in [0.5, 0.6) is 0 Å². The Kier molecular flexibility index (Phi) is 5.77. The van der Waals surface area contributed by atoms with Gasteiger partial charge in [-0.15, -0.1) is 0 Å². The van der Waals surface area contributed by atoms with Gasteiger partial charge in [0.25, 0.3) is 0 Å². The summed E-state index contributed by atoms with van der Waals surface area (Å²) in [6.45, 7) is 3.42. The maximum Gasteiger partial charge on any atom is 0.227 e. The van der Waals surface area contributed by atoms with Gasteiger partial charge in [0.1, 0.15) is 0 Å². The predicted octanol–water partition coefficient (Wildman–Crippen LogP) is 4.95. The van der Waals surface area contributed by atoms with Crippen molar-refractivity contribution in [3.63, 3.8) is 0 Å². The van der Waals surface area contributed by atoms with Gasteiger partial charge in [-0.1, -0.05) is 40.9 Å². The molecule has 1 fully saturated rings. The molecule has 0 radical (unpaired) electrons. The van der Waals surface area contributed by atoms with E-state index in [9.17, 15) is 4.79 Å². The average Bonchev–Trinajstić information content (AvgIpc) is 2.61. The number of aromatic nitrogens is 1. The summed E-state index contributed by atoms with van der Waals surface area (Å²) in [6, 6.07) is 9.38. The highest BCUT2D eigenvalue weighted by molar-refractivity contribution is 6.34. The first-order chi connectivity index (χ1) is 12.0. The molecule has 0 N–H and O–H groups in total. The lowest BCUT2D eigenvalue weighted by Crippen LogP contribution is -2.37. The van der Waals surface area contributed by atoms with Crippen molar-refractivity contribution in [2.45, 2.75) is 26.2 Å². The number of aryl methyl sites for hydroxylation is 1. The van der Waals surface area contributed by atoms with Crippen molar-refractivity contribution >= 4 is 35.2 Å². The molecule has 2 aromatic rings. The number of carbonyl (C=O) groups is 1. The van der Waals surface area contributed by atoms with E-state index in [4.69, 9.17) is 23.2 Å². The molecular formula is C20H20Cl2N2O. The van der Waals surface area contributed by atoms with E-state index in [0.717, 1.165) is 42.8 Å². The molecule has 3 nitrogen and oxygen atoms in total. The third-order valence-electron chi connectivity index (χ3n) is 4.40. The summed E-state index contributed by atoms with van der Waals surface area (Å²) in [4.78, 5) is 18.6.